The van der Waals surface area contributed by atoms with Gasteiger partial charge in [-0.25, -0.2) is 4.52 Å². The number of carbonyl (C=O) groups is 4. The zero-order valence-electron chi connectivity index (χ0n) is 35.8. The van der Waals surface area contributed by atoms with Gasteiger partial charge in [-0.1, -0.05) is 0 Å². The number of fused-ring (bicyclic) bond motifs is 3. The number of nitriles is 1. The first-order valence-electron chi connectivity index (χ1n) is 22.4. The fraction of sp³-hybridized carbons (Fsp3) is 0.468. The highest BCUT2D eigenvalue weighted by molar-refractivity contribution is 6.06. The maximum Gasteiger partial charge on any atom is 0.274 e. The van der Waals surface area contributed by atoms with E-state index in [9.17, 15) is 29.5 Å². The predicted octanol–water partition coefficient (Wildman–Crippen LogP) is 4.57. The molecule has 3 N–H and O–H groups in total. The molecule has 326 valence electrons. The minimum Gasteiger partial charge on any atom is -0.386 e. The van der Waals surface area contributed by atoms with Crippen molar-refractivity contribution in [3.05, 3.63) is 88.9 Å². The summed E-state index contributed by atoms with van der Waals surface area (Å²) in [4.78, 5) is 60.3. The second-order valence-electron chi connectivity index (χ2n) is 18.5. The molecule has 0 bridgehead atoms. The quantitative estimate of drug-likeness (QED) is 0.186. The van der Waals surface area contributed by atoms with E-state index in [0.717, 1.165) is 99.9 Å². The number of imide groups is 1. The van der Waals surface area contributed by atoms with Crippen molar-refractivity contribution in [2.45, 2.75) is 102 Å². The van der Waals surface area contributed by atoms with Crippen molar-refractivity contribution in [2.24, 2.45) is 0 Å². The van der Waals surface area contributed by atoms with Crippen molar-refractivity contribution in [3.63, 3.8) is 0 Å². The molecule has 16 heteroatoms. The normalized spacial score (nSPS) is 23.0. The Kier molecular flexibility index (Phi) is 10.5. The van der Waals surface area contributed by atoms with E-state index in [2.05, 4.69) is 53.4 Å². The number of nitrogens with zero attached hydrogens (tertiary/aromatic N) is 9. The van der Waals surface area contributed by atoms with E-state index in [-0.39, 0.29) is 36.1 Å². The highest BCUT2D eigenvalue weighted by Crippen LogP contribution is 2.37. The molecule has 1 unspecified atom stereocenters. The molecule has 1 aliphatic carbocycles. The number of benzene rings is 2. The largest absolute Gasteiger partial charge is 0.386 e. The predicted molar refractivity (Wildman–Crippen MR) is 235 cm³/mol. The van der Waals surface area contributed by atoms with Crippen LogP contribution in [0.15, 0.2) is 60.9 Å². The first kappa shape index (κ1) is 40.9. The van der Waals surface area contributed by atoms with E-state index < -0.39 is 11.6 Å². The van der Waals surface area contributed by atoms with Gasteiger partial charge in [0, 0.05) is 98.4 Å². The molecule has 5 aliphatic rings. The van der Waals surface area contributed by atoms with Crippen LogP contribution in [0.3, 0.4) is 0 Å². The second kappa shape index (κ2) is 16.2. The number of rotatable bonds is 8. The van der Waals surface area contributed by atoms with E-state index in [0.29, 0.717) is 58.6 Å². The zero-order valence-corrected chi connectivity index (χ0v) is 35.8. The summed E-state index contributed by atoms with van der Waals surface area (Å²) in [7, 11) is 0. The lowest BCUT2D eigenvalue weighted by Gasteiger charge is -2.46. The van der Waals surface area contributed by atoms with Gasteiger partial charge in [-0.15, -0.1) is 0 Å². The number of aliphatic hydroxyl groups is 1. The minimum absolute atomic E-state index is 0.134. The van der Waals surface area contributed by atoms with Crippen molar-refractivity contribution in [2.75, 3.05) is 49.5 Å². The Hall–Kier alpha value is -6.15. The molecular weight excluding hydrogens is 799 g/mol. The van der Waals surface area contributed by atoms with Crippen LogP contribution in [0.2, 0.25) is 0 Å². The number of anilines is 2. The fourth-order valence-electron chi connectivity index (χ4n) is 10.7. The Morgan fingerprint density at radius 1 is 0.873 bits per heavy atom. The molecule has 4 amide bonds. The maximum absolute atomic E-state index is 13.6. The number of aromatic nitrogens is 4. The molecule has 63 heavy (non-hydrogen) atoms. The van der Waals surface area contributed by atoms with Crippen LogP contribution in [0.4, 0.5) is 11.4 Å². The summed E-state index contributed by atoms with van der Waals surface area (Å²) in [5, 5.41) is 36.0. The third kappa shape index (κ3) is 7.83. The van der Waals surface area contributed by atoms with Gasteiger partial charge >= 0.3 is 0 Å². The lowest BCUT2D eigenvalue weighted by atomic mass is 9.89. The Morgan fingerprint density at radius 2 is 1.59 bits per heavy atom. The number of carbonyl (C=O) groups excluding carboxylic acids is 4. The van der Waals surface area contributed by atoms with Crippen molar-refractivity contribution >= 4 is 51.4 Å². The van der Waals surface area contributed by atoms with Crippen LogP contribution in [0.1, 0.15) is 109 Å². The molecule has 16 nitrogen and oxygen atoms in total. The molecule has 4 aliphatic heterocycles. The molecule has 2 aromatic carbocycles. The molecular formula is C47H53N11O5. The standard InChI is InChI=1S/C47H53N11O5/c1-47(2,63)38-24-39-31(23-40(38)50-45(61)42-10-8-36-21-29(25-48)26-49-58(36)42)28-57(52-39)34-5-3-32(4-6-34)54-17-19-55(20-18-54)33-13-15-53(16-14-33)35-7-9-37-30(22-35)27-56(46(37)62)41-11-12-43(59)51-44(41)60/h7-10,21-24,26,28,32-34,41,63H,3-6,11-20,27H2,1-2H3,(H,50,61)(H,51,59,60)/t32-,34-,41?. The topological polar surface area (TPSA) is 184 Å². The van der Waals surface area contributed by atoms with Crippen LogP contribution in [0, 0.1) is 11.3 Å². The van der Waals surface area contributed by atoms with Gasteiger partial charge in [0.15, 0.2) is 0 Å². The fourth-order valence-corrected chi connectivity index (χ4v) is 10.7. The lowest BCUT2D eigenvalue weighted by molar-refractivity contribution is -0.136. The van der Waals surface area contributed by atoms with E-state index >= 15 is 0 Å². The van der Waals surface area contributed by atoms with Crippen LogP contribution < -0.4 is 15.5 Å². The van der Waals surface area contributed by atoms with Crippen LogP contribution in [-0.4, -0.2) is 120 Å². The van der Waals surface area contributed by atoms with Crippen LogP contribution in [-0.2, 0) is 21.7 Å². The van der Waals surface area contributed by atoms with Crippen molar-refractivity contribution < 1.29 is 24.3 Å². The third-order valence-electron chi connectivity index (χ3n) is 14.2. The minimum atomic E-state index is -1.24. The highest BCUT2D eigenvalue weighted by atomic mass is 16.3. The summed E-state index contributed by atoms with van der Waals surface area (Å²) in [5.41, 5.74) is 4.72. The van der Waals surface area contributed by atoms with E-state index in [1.165, 1.54) is 10.7 Å². The van der Waals surface area contributed by atoms with Crippen LogP contribution in [0.5, 0.6) is 0 Å². The molecule has 10 rings (SSSR count). The Balaban J connectivity index is 0.714. The summed E-state index contributed by atoms with van der Waals surface area (Å²) in [6, 6.07) is 17.8. The average Bonchev–Trinajstić information content (AvgIpc) is 4.00. The number of nitrogens with one attached hydrogen (secondary N) is 2. The molecule has 1 atom stereocenters. The first-order valence-corrected chi connectivity index (χ1v) is 22.4. The summed E-state index contributed by atoms with van der Waals surface area (Å²) >= 11 is 0. The van der Waals surface area contributed by atoms with Gasteiger partial charge in [-0.2, -0.15) is 15.5 Å². The molecule has 1 saturated carbocycles. The first-order chi connectivity index (χ1) is 30.4. The van der Waals surface area contributed by atoms with E-state index in [1.54, 1.807) is 36.9 Å². The average molecular weight is 852 g/mol. The zero-order chi connectivity index (χ0) is 43.6. The number of piperidine rings is 2. The number of hydrogen-bond donors (Lipinski definition) is 3. The summed E-state index contributed by atoms with van der Waals surface area (Å²) < 4.78 is 3.59. The van der Waals surface area contributed by atoms with Gasteiger partial charge in [0.1, 0.15) is 17.8 Å². The summed E-state index contributed by atoms with van der Waals surface area (Å²) in [5.74, 6) is -1.16. The molecule has 0 radical (unpaired) electrons. The van der Waals surface area contributed by atoms with E-state index in [1.807, 2.05) is 24.3 Å². The van der Waals surface area contributed by atoms with Gasteiger partial charge < -0.3 is 20.2 Å². The number of amides is 4. The third-order valence-corrected chi connectivity index (χ3v) is 14.2. The van der Waals surface area contributed by atoms with Gasteiger partial charge in [0.25, 0.3) is 11.8 Å². The molecule has 0 spiro atoms. The Bertz CT molecular complexity index is 2670. The monoisotopic (exact) mass is 851 g/mol. The van der Waals surface area contributed by atoms with Gasteiger partial charge in [-0.05, 0) is 113 Å². The van der Waals surface area contributed by atoms with Gasteiger partial charge in [-0.3, -0.25) is 39.0 Å². The SMILES string of the molecule is CC(C)(O)c1cc2nn([C@H]3CC[C@H](N4CCN(C5CCN(c6ccc7c(c6)CN(C6CCC(=O)NC6=O)C7=O)CC5)CC4)CC3)cc2cc1NC(=O)c1ccc2cc(C#N)cnn12. The van der Waals surface area contributed by atoms with Crippen molar-refractivity contribution in [3.8, 4) is 6.07 Å². The van der Waals surface area contributed by atoms with Gasteiger partial charge in [0.05, 0.1) is 34.4 Å². The second-order valence-corrected chi connectivity index (χ2v) is 18.5. The highest BCUT2D eigenvalue weighted by Gasteiger charge is 2.40. The summed E-state index contributed by atoms with van der Waals surface area (Å²) in [6.45, 7) is 10.0. The maximum atomic E-state index is 13.6. The molecule has 5 aromatic rings. The molecule has 3 aromatic heterocycles. The molecule has 4 fully saturated rings. The van der Waals surface area contributed by atoms with Crippen molar-refractivity contribution in [1.29, 1.82) is 5.26 Å². The van der Waals surface area contributed by atoms with Crippen LogP contribution >= 0.6 is 0 Å². The Morgan fingerprint density at radius 3 is 2.29 bits per heavy atom. The van der Waals surface area contributed by atoms with E-state index in [4.69, 9.17) is 5.10 Å². The number of piperazine rings is 1. The smallest absolute Gasteiger partial charge is 0.274 e. The van der Waals surface area contributed by atoms with Crippen LogP contribution in [0.25, 0.3) is 16.4 Å². The number of hydrogen-bond acceptors (Lipinski definition) is 11. The summed E-state index contributed by atoms with van der Waals surface area (Å²) in [6.07, 6.45) is 10.6. The molecule has 3 saturated heterocycles. The van der Waals surface area contributed by atoms with Crippen molar-refractivity contribution in [1.82, 2.24) is 39.4 Å². The Labute approximate surface area is 365 Å². The lowest BCUT2D eigenvalue weighted by Crippen LogP contribution is -2.55. The molecule has 7 heterocycles. The van der Waals surface area contributed by atoms with Gasteiger partial charge in [0.2, 0.25) is 11.8 Å².